The molecular formula is C27H27Cl2N3O2S. The van der Waals surface area contributed by atoms with Gasteiger partial charge in [0.2, 0.25) is 5.91 Å². The summed E-state index contributed by atoms with van der Waals surface area (Å²) in [5.41, 5.74) is 3.60. The summed E-state index contributed by atoms with van der Waals surface area (Å²) in [7, 11) is 0. The molecule has 35 heavy (non-hydrogen) atoms. The van der Waals surface area contributed by atoms with Crippen molar-refractivity contribution in [3.05, 3.63) is 76.0 Å². The molecule has 2 aromatic carbocycles. The Morgan fingerprint density at radius 2 is 1.86 bits per heavy atom. The Labute approximate surface area is 221 Å². The highest BCUT2D eigenvalue weighted by atomic mass is 35.5. The van der Waals surface area contributed by atoms with Crippen LogP contribution in [0.1, 0.15) is 31.1 Å². The molecule has 5 nitrogen and oxygen atoms in total. The SMILES string of the molecule is Cc1ccc(-c2ccc(/C=C/C(=O)NC(=S)Nc3ccc(N4CCC(C)CC4)c(Cl)c3)o2)cc1Cl. The third-order valence-electron chi connectivity index (χ3n) is 6.05. The van der Waals surface area contributed by atoms with Crippen LogP contribution in [0.4, 0.5) is 11.4 Å². The molecule has 0 spiro atoms. The molecule has 0 atom stereocenters. The number of hydrogen-bond acceptors (Lipinski definition) is 4. The molecule has 2 heterocycles. The van der Waals surface area contributed by atoms with E-state index in [0.717, 1.165) is 35.8 Å². The van der Waals surface area contributed by atoms with Gasteiger partial charge in [0.15, 0.2) is 5.11 Å². The Morgan fingerprint density at radius 3 is 2.57 bits per heavy atom. The van der Waals surface area contributed by atoms with Crippen molar-refractivity contribution >= 4 is 63.9 Å². The number of carbonyl (C=O) groups excluding carboxylic acids is 1. The zero-order valence-corrected chi connectivity index (χ0v) is 21.9. The monoisotopic (exact) mass is 527 g/mol. The lowest BCUT2D eigenvalue weighted by atomic mass is 9.99. The molecule has 1 aromatic heterocycles. The van der Waals surface area contributed by atoms with Gasteiger partial charge in [-0.15, -0.1) is 0 Å². The molecule has 1 aliphatic heterocycles. The fraction of sp³-hybridized carbons (Fsp3) is 0.259. The van der Waals surface area contributed by atoms with Gasteiger partial charge in [-0.3, -0.25) is 10.1 Å². The Hall–Kier alpha value is -2.80. The van der Waals surface area contributed by atoms with Crippen molar-refractivity contribution in [1.29, 1.82) is 0 Å². The van der Waals surface area contributed by atoms with Crippen LogP contribution in [0.5, 0.6) is 0 Å². The van der Waals surface area contributed by atoms with Gasteiger partial charge in [0.1, 0.15) is 11.5 Å². The maximum absolute atomic E-state index is 12.3. The second kappa shape index (κ2) is 11.3. The Kier molecular flexibility index (Phi) is 8.16. The number of hydrogen-bond donors (Lipinski definition) is 2. The van der Waals surface area contributed by atoms with E-state index >= 15 is 0 Å². The van der Waals surface area contributed by atoms with Gasteiger partial charge in [-0.1, -0.05) is 42.3 Å². The zero-order chi connectivity index (χ0) is 24.9. The molecule has 0 bridgehead atoms. The average Bonchev–Trinajstić information content (AvgIpc) is 3.29. The highest BCUT2D eigenvalue weighted by molar-refractivity contribution is 7.80. The molecule has 4 rings (SSSR count). The van der Waals surface area contributed by atoms with Crippen molar-refractivity contribution in [2.24, 2.45) is 5.92 Å². The van der Waals surface area contributed by atoms with Crippen LogP contribution < -0.4 is 15.5 Å². The Balaban J connectivity index is 1.31. The molecule has 2 N–H and O–H groups in total. The van der Waals surface area contributed by atoms with Crippen molar-refractivity contribution in [1.82, 2.24) is 5.32 Å². The number of amides is 1. The van der Waals surface area contributed by atoms with Gasteiger partial charge in [0.25, 0.3) is 0 Å². The number of anilines is 2. The van der Waals surface area contributed by atoms with Crippen molar-refractivity contribution in [2.75, 3.05) is 23.3 Å². The van der Waals surface area contributed by atoms with Crippen LogP contribution in [0.15, 0.2) is 59.0 Å². The van der Waals surface area contributed by atoms with Crippen LogP contribution >= 0.6 is 35.4 Å². The number of nitrogens with one attached hydrogen (secondary N) is 2. The zero-order valence-electron chi connectivity index (χ0n) is 19.6. The quantitative estimate of drug-likeness (QED) is 0.268. The van der Waals surface area contributed by atoms with Crippen LogP contribution in [0.3, 0.4) is 0 Å². The molecule has 1 aliphatic rings. The van der Waals surface area contributed by atoms with Gasteiger partial charge in [-0.05, 0) is 85.9 Å². The Bertz CT molecular complexity index is 1260. The minimum absolute atomic E-state index is 0.185. The van der Waals surface area contributed by atoms with Crippen molar-refractivity contribution in [2.45, 2.75) is 26.7 Å². The van der Waals surface area contributed by atoms with E-state index in [9.17, 15) is 4.79 Å². The standard InChI is InChI=1S/C27H27Cl2N3O2S/c1-17-11-13-32(14-12-17)24-8-5-20(16-23(24)29)30-27(35)31-26(33)10-7-21-6-9-25(34-21)19-4-3-18(2)22(28)15-19/h3-10,15-17H,11-14H2,1-2H3,(H2,30,31,33,35)/b10-7+. The highest BCUT2D eigenvalue weighted by Gasteiger charge is 2.18. The Morgan fingerprint density at radius 1 is 1.09 bits per heavy atom. The summed E-state index contributed by atoms with van der Waals surface area (Å²) in [4.78, 5) is 14.6. The molecule has 1 amide bonds. The topological polar surface area (TPSA) is 57.5 Å². The molecule has 0 saturated carbocycles. The van der Waals surface area contributed by atoms with Gasteiger partial charge in [0, 0.05) is 35.4 Å². The fourth-order valence-corrected chi connectivity index (χ4v) is 4.61. The lowest BCUT2D eigenvalue weighted by Gasteiger charge is -2.32. The molecule has 1 fully saturated rings. The van der Waals surface area contributed by atoms with Gasteiger partial charge >= 0.3 is 0 Å². The summed E-state index contributed by atoms with van der Waals surface area (Å²) < 4.78 is 5.80. The minimum Gasteiger partial charge on any atom is -0.457 e. The van der Waals surface area contributed by atoms with E-state index in [4.69, 9.17) is 39.8 Å². The summed E-state index contributed by atoms with van der Waals surface area (Å²) >= 11 is 18.0. The fourth-order valence-electron chi connectivity index (χ4n) is 3.91. The number of thiocarbonyl (C=S) groups is 1. The second-order valence-corrected chi connectivity index (χ2v) is 10.0. The van der Waals surface area contributed by atoms with Crippen molar-refractivity contribution in [3.8, 4) is 11.3 Å². The number of rotatable bonds is 5. The largest absolute Gasteiger partial charge is 0.457 e. The van der Waals surface area contributed by atoms with E-state index < -0.39 is 0 Å². The maximum Gasteiger partial charge on any atom is 0.250 e. The van der Waals surface area contributed by atoms with Gasteiger partial charge in [0.05, 0.1) is 10.7 Å². The number of piperidine rings is 1. The van der Waals surface area contributed by atoms with E-state index in [1.807, 2.05) is 49.4 Å². The number of benzene rings is 2. The number of carbonyl (C=O) groups is 1. The van der Waals surface area contributed by atoms with Gasteiger partial charge in [-0.25, -0.2) is 0 Å². The third kappa shape index (κ3) is 6.66. The van der Waals surface area contributed by atoms with Gasteiger partial charge < -0.3 is 14.6 Å². The number of furan rings is 1. The van der Waals surface area contributed by atoms with Gasteiger partial charge in [-0.2, -0.15) is 0 Å². The van der Waals surface area contributed by atoms with Crippen LogP contribution in [-0.2, 0) is 4.79 Å². The van der Waals surface area contributed by atoms with E-state index in [1.165, 1.54) is 18.9 Å². The summed E-state index contributed by atoms with van der Waals surface area (Å²) in [5, 5.41) is 7.16. The predicted molar refractivity (Wildman–Crippen MR) is 149 cm³/mol. The number of aryl methyl sites for hydroxylation is 1. The molecule has 0 aliphatic carbocycles. The van der Waals surface area contributed by atoms with Crippen LogP contribution in [0.25, 0.3) is 17.4 Å². The van der Waals surface area contributed by atoms with Crippen LogP contribution in [0, 0.1) is 12.8 Å². The van der Waals surface area contributed by atoms with E-state index in [2.05, 4.69) is 22.5 Å². The minimum atomic E-state index is -0.371. The van der Waals surface area contributed by atoms with Crippen molar-refractivity contribution in [3.63, 3.8) is 0 Å². The molecule has 182 valence electrons. The lowest BCUT2D eigenvalue weighted by Crippen LogP contribution is -2.33. The van der Waals surface area contributed by atoms with E-state index in [1.54, 1.807) is 12.1 Å². The van der Waals surface area contributed by atoms with Crippen LogP contribution in [-0.4, -0.2) is 24.1 Å². The van der Waals surface area contributed by atoms with E-state index in [-0.39, 0.29) is 11.0 Å². The first-order valence-electron chi connectivity index (χ1n) is 11.5. The first-order chi connectivity index (χ1) is 16.8. The average molecular weight is 529 g/mol. The smallest absolute Gasteiger partial charge is 0.250 e. The van der Waals surface area contributed by atoms with Crippen LogP contribution in [0.2, 0.25) is 10.0 Å². The summed E-state index contributed by atoms with van der Waals surface area (Å²) in [6.07, 6.45) is 5.29. The molecule has 1 saturated heterocycles. The maximum atomic E-state index is 12.3. The predicted octanol–water partition coefficient (Wildman–Crippen LogP) is 7.32. The molecular weight excluding hydrogens is 501 g/mol. The first kappa shape index (κ1) is 25.3. The molecule has 0 radical (unpaired) electrons. The molecule has 8 heteroatoms. The molecule has 3 aromatic rings. The van der Waals surface area contributed by atoms with E-state index in [0.29, 0.717) is 27.3 Å². The second-order valence-electron chi connectivity index (χ2n) is 8.78. The lowest BCUT2D eigenvalue weighted by molar-refractivity contribution is -0.115. The number of nitrogens with zero attached hydrogens (tertiary/aromatic N) is 1. The third-order valence-corrected chi connectivity index (χ3v) is 6.96. The summed E-state index contributed by atoms with van der Waals surface area (Å²) in [6.45, 7) is 6.23. The summed E-state index contributed by atoms with van der Waals surface area (Å²) in [5.74, 6) is 1.59. The summed E-state index contributed by atoms with van der Waals surface area (Å²) in [6, 6.07) is 15.1. The number of halogens is 2. The van der Waals surface area contributed by atoms with Crippen molar-refractivity contribution < 1.29 is 9.21 Å². The highest BCUT2D eigenvalue weighted by Crippen LogP contribution is 2.32. The first-order valence-corrected chi connectivity index (χ1v) is 12.7. The normalized spacial score (nSPS) is 14.3. The molecule has 0 unspecified atom stereocenters.